The van der Waals surface area contributed by atoms with Gasteiger partial charge >= 0.3 is 0 Å². The number of benzene rings is 1. The predicted octanol–water partition coefficient (Wildman–Crippen LogP) is 2.34. The molecule has 1 unspecified atom stereocenters. The summed E-state index contributed by atoms with van der Waals surface area (Å²) >= 11 is 5.89. The molecule has 1 aliphatic heterocycles. The molecule has 17 heavy (non-hydrogen) atoms. The molecule has 0 saturated carbocycles. The van der Waals surface area contributed by atoms with Gasteiger partial charge in [0.15, 0.2) is 6.10 Å². The van der Waals surface area contributed by atoms with Crippen LogP contribution in [0.25, 0.3) is 0 Å². The molecule has 0 fully saturated rings. The molecular weight excluding hydrogens is 238 g/mol. The first kappa shape index (κ1) is 12.0. The summed E-state index contributed by atoms with van der Waals surface area (Å²) in [5, 5.41) is 3.47. The lowest BCUT2D eigenvalue weighted by Gasteiger charge is -2.10. The van der Waals surface area contributed by atoms with Gasteiger partial charge in [0.2, 0.25) is 0 Å². The van der Waals surface area contributed by atoms with Crippen molar-refractivity contribution in [2.24, 2.45) is 0 Å². The van der Waals surface area contributed by atoms with Gasteiger partial charge in [0.05, 0.1) is 0 Å². The molecule has 0 radical (unpaired) electrons. The summed E-state index contributed by atoms with van der Waals surface area (Å²) in [6.07, 6.45) is 2.67. The number of rotatable bonds is 4. The van der Waals surface area contributed by atoms with Crippen LogP contribution in [0, 0.1) is 0 Å². The molecule has 4 heteroatoms. The number of hydrogen-bond acceptors (Lipinski definition) is 2. The number of fused-ring (bicyclic) bond motifs is 1. The third-order valence-electron chi connectivity index (χ3n) is 2.64. The molecule has 1 amide bonds. The number of nitrogens with one attached hydrogen (secondary N) is 1. The number of ether oxygens (including phenoxy) is 1. The van der Waals surface area contributed by atoms with Gasteiger partial charge in [-0.2, -0.15) is 0 Å². The maximum absolute atomic E-state index is 11.8. The molecule has 1 aromatic carbocycles. The largest absolute Gasteiger partial charge is 0.480 e. The summed E-state index contributed by atoms with van der Waals surface area (Å²) in [5.41, 5.74) is 0.987. The van der Waals surface area contributed by atoms with E-state index in [-0.39, 0.29) is 5.91 Å². The van der Waals surface area contributed by atoms with Crippen molar-refractivity contribution in [3.05, 3.63) is 41.4 Å². The monoisotopic (exact) mass is 251 g/mol. The van der Waals surface area contributed by atoms with E-state index in [1.165, 1.54) is 0 Å². The summed E-state index contributed by atoms with van der Waals surface area (Å²) in [7, 11) is 0. The number of amides is 1. The molecule has 0 bridgehead atoms. The Balaban J connectivity index is 1.95. The highest BCUT2D eigenvalue weighted by atomic mass is 35.5. The number of hydrogen-bond donors (Lipinski definition) is 1. The van der Waals surface area contributed by atoms with E-state index in [9.17, 15) is 4.79 Å². The van der Waals surface area contributed by atoms with E-state index in [1.807, 2.05) is 6.07 Å². The van der Waals surface area contributed by atoms with Crippen LogP contribution in [-0.4, -0.2) is 18.6 Å². The van der Waals surface area contributed by atoms with E-state index < -0.39 is 6.10 Å². The first-order chi connectivity index (χ1) is 8.20. The van der Waals surface area contributed by atoms with Crippen molar-refractivity contribution < 1.29 is 9.53 Å². The number of halogens is 1. The van der Waals surface area contributed by atoms with E-state index in [0.717, 1.165) is 17.7 Å². The average molecular weight is 252 g/mol. The van der Waals surface area contributed by atoms with E-state index in [4.69, 9.17) is 16.3 Å². The molecule has 1 aliphatic rings. The summed E-state index contributed by atoms with van der Waals surface area (Å²) in [5.74, 6) is 0.664. The van der Waals surface area contributed by atoms with Gasteiger partial charge in [0.25, 0.3) is 5.91 Å². The van der Waals surface area contributed by atoms with Crippen LogP contribution < -0.4 is 10.1 Å². The zero-order valence-corrected chi connectivity index (χ0v) is 10.2. The number of carbonyl (C=O) groups is 1. The highest BCUT2D eigenvalue weighted by molar-refractivity contribution is 6.30. The van der Waals surface area contributed by atoms with Gasteiger partial charge in [-0.15, -0.1) is 6.58 Å². The lowest BCUT2D eigenvalue weighted by atomic mass is 10.1. The fraction of sp³-hybridized carbons (Fsp3) is 0.308. The summed E-state index contributed by atoms with van der Waals surface area (Å²) in [6, 6.07) is 5.40. The van der Waals surface area contributed by atoms with Gasteiger partial charge in [-0.3, -0.25) is 4.79 Å². The Labute approximate surface area is 105 Å². The van der Waals surface area contributed by atoms with Crippen LogP contribution in [0.1, 0.15) is 12.0 Å². The fourth-order valence-corrected chi connectivity index (χ4v) is 1.97. The zero-order chi connectivity index (χ0) is 12.3. The van der Waals surface area contributed by atoms with E-state index in [0.29, 0.717) is 18.0 Å². The highest BCUT2D eigenvalue weighted by Gasteiger charge is 2.28. The first-order valence-electron chi connectivity index (χ1n) is 5.54. The number of carbonyl (C=O) groups excluding carboxylic acids is 1. The van der Waals surface area contributed by atoms with Crippen LogP contribution in [0.5, 0.6) is 5.75 Å². The van der Waals surface area contributed by atoms with Crippen LogP contribution in [0.4, 0.5) is 0 Å². The molecule has 90 valence electrons. The van der Waals surface area contributed by atoms with Crippen molar-refractivity contribution in [3.63, 3.8) is 0 Å². The standard InChI is InChI=1S/C13H14ClNO2/c1-2-3-6-15-13(16)12-8-9-7-10(14)4-5-11(9)17-12/h2,4-5,7,12H,1,3,6,8H2,(H,15,16). The lowest BCUT2D eigenvalue weighted by molar-refractivity contribution is -0.127. The van der Waals surface area contributed by atoms with Gasteiger partial charge < -0.3 is 10.1 Å². The minimum atomic E-state index is -0.437. The highest BCUT2D eigenvalue weighted by Crippen LogP contribution is 2.30. The SMILES string of the molecule is C=CCCNC(=O)C1Cc2cc(Cl)ccc2O1. The van der Waals surface area contributed by atoms with Crippen LogP contribution in [0.2, 0.25) is 5.02 Å². The van der Waals surface area contributed by atoms with Crippen molar-refractivity contribution in [3.8, 4) is 5.75 Å². The molecule has 0 saturated heterocycles. The average Bonchev–Trinajstić information content (AvgIpc) is 2.72. The minimum absolute atomic E-state index is 0.0841. The maximum atomic E-state index is 11.8. The fourth-order valence-electron chi connectivity index (χ4n) is 1.77. The summed E-state index contributed by atoms with van der Waals surface area (Å²) < 4.78 is 5.56. The summed E-state index contributed by atoms with van der Waals surface area (Å²) in [6.45, 7) is 4.20. The van der Waals surface area contributed by atoms with Gasteiger partial charge in [-0.1, -0.05) is 17.7 Å². The first-order valence-corrected chi connectivity index (χ1v) is 5.92. The summed E-state index contributed by atoms with van der Waals surface area (Å²) in [4.78, 5) is 11.8. The minimum Gasteiger partial charge on any atom is -0.480 e. The van der Waals surface area contributed by atoms with Crippen molar-refractivity contribution >= 4 is 17.5 Å². The van der Waals surface area contributed by atoms with Crippen LogP contribution in [0.15, 0.2) is 30.9 Å². The molecule has 3 nitrogen and oxygen atoms in total. The second-order valence-corrected chi connectivity index (χ2v) is 4.37. The molecule has 1 atom stereocenters. The Hall–Kier alpha value is -1.48. The van der Waals surface area contributed by atoms with Gasteiger partial charge in [-0.25, -0.2) is 0 Å². The van der Waals surface area contributed by atoms with Crippen molar-refractivity contribution in [1.82, 2.24) is 5.32 Å². The quantitative estimate of drug-likeness (QED) is 0.659. The molecule has 2 rings (SSSR count). The Kier molecular flexibility index (Phi) is 3.69. The lowest BCUT2D eigenvalue weighted by Crippen LogP contribution is -2.37. The third-order valence-corrected chi connectivity index (χ3v) is 2.87. The normalized spacial score (nSPS) is 17.1. The van der Waals surface area contributed by atoms with Crippen LogP contribution in [-0.2, 0) is 11.2 Å². The third kappa shape index (κ3) is 2.80. The molecule has 1 aromatic rings. The van der Waals surface area contributed by atoms with E-state index >= 15 is 0 Å². The molecule has 1 N–H and O–H groups in total. The van der Waals surface area contributed by atoms with Gasteiger partial charge in [-0.05, 0) is 30.2 Å². The molecule has 1 heterocycles. The Morgan fingerprint density at radius 1 is 1.65 bits per heavy atom. The van der Waals surface area contributed by atoms with Crippen molar-refractivity contribution in [2.45, 2.75) is 18.9 Å². The molecule has 0 aromatic heterocycles. The molecule has 0 aliphatic carbocycles. The Morgan fingerprint density at radius 2 is 2.47 bits per heavy atom. The maximum Gasteiger partial charge on any atom is 0.261 e. The molecule has 0 spiro atoms. The van der Waals surface area contributed by atoms with Crippen molar-refractivity contribution in [2.75, 3.05) is 6.54 Å². The Bertz CT molecular complexity index is 445. The second kappa shape index (κ2) is 5.23. The van der Waals surface area contributed by atoms with Crippen LogP contribution in [0.3, 0.4) is 0 Å². The predicted molar refractivity (Wildman–Crippen MR) is 67.4 cm³/mol. The Morgan fingerprint density at radius 3 is 3.24 bits per heavy atom. The van der Waals surface area contributed by atoms with Gasteiger partial charge in [0, 0.05) is 18.0 Å². The van der Waals surface area contributed by atoms with Crippen LogP contribution >= 0.6 is 11.6 Å². The van der Waals surface area contributed by atoms with E-state index in [2.05, 4.69) is 11.9 Å². The smallest absolute Gasteiger partial charge is 0.261 e. The molecular formula is C13H14ClNO2. The van der Waals surface area contributed by atoms with Gasteiger partial charge in [0.1, 0.15) is 5.75 Å². The topological polar surface area (TPSA) is 38.3 Å². The second-order valence-electron chi connectivity index (χ2n) is 3.93. The zero-order valence-electron chi connectivity index (χ0n) is 9.41. The van der Waals surface area contributed by atoms with Crippen molar-refractivity contribution in [1.29, 1.82) is 0 Å². The van der Waals surface area contributed by atoms with E-state index in [1.54, 1.807) is 18.2 Å².